The average Bonchev–Trinajstić information content (AvgIpc) is 2.46. The van der Waals surface area contributed by atoms with Crippen LogP contribution >= 0.6 is 0 Å². The van der Waals surface area contributed by atoms with Gasteiger partial charge in [0.25, 0.3) is 0 Å². The molecule has 1 unspecified atom stereocenters. The Bertz CT molecular complexity index is 398. The third-order valence-electron chi connectivity index (χ3n) is 3.30. The molecule has 0 radical (unpaired) electrons. The lowest BCUT2D eigenvalue weighted by Gasteiger charge is -2.33. The number of benzene rings is 1. The second-order valence-corrected chi connectivity index (χ2v) is 4.39. The van der Waals surface area contributed by atoms with Crippen molar-refractivity contribution in [2.24, 2.45) is 5.90 Å². The summed E-state index contributed by atoms with van der Waals surface area (Å²) in [5.74, 6) is 6.76. The molecule has 0 aromatic heterocycles. The number of nitrogens with zero attached hydrogens (tertiary/aromatic N) is 1. The number of anilines is 1. The van der Waals surface area contributed by atoms with Gasteiger partial charge >= 0.3 is 0 Å². The summed E-state index contributed by atoms with van der Waals surface area (Å²) < 4.78 is 10.5. The number of hydrogen-bond acceptors (Lipinski definition) is 5. The van der Waals surface area contributed by atoms with E-state index in [1.165, 1.54) is 0 Å². The monoisotopic (exact) mass is 252 g/mol. The fraction of sp³-hybridized carbons (Fsp3) is 0.538. The van der Waals surface area contributed by atoms with Gasteiger partial charge in [0, 0.05) is 24.8 Å². The predicted molar refractivity (Wildman–Crippen MR) is 70.1 cm³/mol. The van der Waals surface area contributed by atoms with Crippen molar-refractivity contribution < 1.29 is 14.3 Å². The third kappa shape index (κ3) is 2.68. The van der Waals surface area contributed by atoms with Crippen molar-refractivity contribution in [3.05, 3.63) is 18.2 Å². The summed E-state index contributed by atoms with van der Waals surface area (Å²) in [5, 5.41) is 0. The molecule has 18 heavy (non-hydrogen) atoms. The number of rotatable bonds is 4. The van der Waals surface area contributed by atoms with Gasteiger partial charge in [-0.2, -0.15) is 0 Å². The van der Waals surface area contributed by atoms with Gasteiger partial charge in [-0.1, -0.05) is 0 Å². The quantitative estimate of drug-likeness (QED) is 0.824. The van der Waals surface area contributed by atoms with Crippen LogP contribution in [-0.4, -0.2) is 33.4 Å². The van der Waals surface area contributed by atoms with E-state index >= 15 is 0 Å². The molecular weight excluding hydrogens is 232 g/mol. The van der Waals surface area contributed by atoms with Crippen molar-refractivity contribution in [1.82, 2.24) is 0 Å². The van der Waals surface area contributed by atoms with E-state index in [0.29, 0.717) is 0 Å². The minimum Gasteiger partial charge on any atom is -0.493 e. The third-order valence-corrected chi connectivity index (χ3v) is 3.30. The maximum absolute atomic E-state index is 5.31. The van der Waals surface area contributed by atoms with Crippen molar-refractivity contribution in [3.8, 4) is 11.5 Å². The van der Waals surface area contributed by atoms with E-state index in [-0.39, 0.29) is 6.10 Å². The molecule has 1 atom stereocenters. The van der Waals surface area contributed by atoms with Gasteiger partial charge in [-0.15, -0.1) is 0 Å². The topological polar surface area (TPSA) is 57.0 Å². The molecule has 1 aliphatic rings. The molecule has 1 heterocycles. The Morgan fingerprint density at radius 1 is 1.22 bits per heavy atom. The highest BCUT2D eigenvalue weighted by molar-refractivity contribution is 5.56. The van der Waals surface area contributed by atoms with Gasteiger partial charge in [-0.3, -0.25) is 4.84 Å². The van der Waals surface area contributed by atoms with Crippen LogP contribution in [0.3, 0.4) is 0 Å². The molecule has 0 saturated carbocycles. The van der Waals surface area contributed by atoms with Gasteiger partial charge in [0.2, 0.25) is 0 Å². The van der Waals surface area contributed by atoms with Crippen molar-refractivity contribution >= 4 is 5.69 Å². The second-order valence-electron chi connectivity index (χ2n) is 4.39. The van der Waals surface area contributed by atoms with Crippen LogP contribution in [0.15, 0.2) is 18.2 Å². The van der Waals surface area contributed by atoms with E-state index in [2.05, 4.69) is 4.90 Å². The van der Waals surface area contributed by atoms with Crippen LogP contribution in [0.5, 0.6) is 11.5 Å². The Morgan fingerprint density at radius 2 is 2.00 bits per heavy atom. The number of methoxy groups -OCH3 is 2. The van der Waals surface area contributed by atoms with E-state index in [1.807, 2.05) is 18.2 Å². The van der Waals surface area contributed by atoms with Crippen LogP contribution in [0, 0.1) is 0 Å². The molecule has 0 bridgehead atoms. The summed E-state index contributed by atoms with van der Waals surface area (Å²) in [4.78, 5) is 7.20. The molecule has 1 aliphatic heterocycles. The van der Waals surface area contributed by atoms with Crippen LogP contribution in [0.1, 0.15) is 12.8 Å². The minimum atomic E-state index is 0.104. The average molecular weight is 252 g/mol. The molecule has 2 rings (SSSR count). The second kappa shape index (κ2) is 5.93. The number of piperidine rings is 1. The smallest absolute Gasteiger partial charge is 0.162 e. The Balaban J connectivity index is 2.17. The minimum absolute atomic E-state index is 0.104. The zero-order valence-corrected chi connectivity index (χ0v) is 10.9. The van der Waals surface area contributed by atoms with Crippen LogP contribution in [-0.2, 0) is 4.84 Å². The van der Waals surface area contributed by atoms with Crippen LogP contribution < -0.4 is 20.3 Å². The molecule has 100 valence electrons. The van der Waals surface area contributed by atoms with Gasteiger partial charge in [-0.25, -0.2) is 5.90 Å². The SMILES string of the molecule is COc1ccc(N2CCCC(ON)C2)cc1OC. The summed E-state index contributed by atoms with van der Waals surface area (Å²) in [5.41, 5.74) is 1.11. The van der Waals surface area contributed by atoms with E-state index in [0.717, 1.165) is 43.1 Å². The number of nitrogens with two attached hydrogens (primary N) is 1. The van der Waals surface area contributed by atoms with Crippen molar-refractivity contribution in [2.45, 2.75) is 18.9 Å². The van der Waals surface area contributed by atoms with Crippen LogP contribution in [0.25, 0.3) is 0 Å². The zero-order valence-electron chi connectivity index (χ0n) is 10.9. The maximum Gasteiger partial charge on any atom is 0.162 e. The fourth-order valence-electron chi connectivity index (χ4n) is 2.31. The van der Waals surface area contributed by atoms with E-state index in [9.17, 15) is 0 Å². The van der Waals surface area contributed by atoms with E-state index < -0.39 is 0 Å². The van der Waals surface area contributed by atoms with E-state index in [4.69, 9.17) is 20.2 Å². The molecule has 1 saturated heterocycles. The van der Waals surface area contributed by atoms with Crippen LogP contribution in [0.4, 0.5) is 5.69 Å². The lowest BCUT2D eigenvalue weighted by Crippen LogP contribution is -2.40. The molecule has 2 N–H and O–H groups in total. The van der Waals surface area contributed by atoms with Crippen molar-refractivity contribution in [1.29, 1.82) is 0 Å². The van der Waals surface area contributed by atoms with Gasteiger partial charge in [0.1, 0.15) is 0 Å². The summed E-state index contributed by atoms with van der Waals surface area (Å²) in [6.45, 7) is 1.82. The molecule has 1 aromatic carbocycles. The van der Waals surface area contributed by atoms with Gasteiger partial charge in [0.05, 0.1) is 20.3 Å². The maximum atomic E-state index is 5.31. The molecule has 0 amide bonds. The zero-order chi connectivity index (χ0) is 13.0. The number of hydrogen-bond donors (Lipinski definition) is 1. The molecular formula is C13H20N2O3. The Kier molecular flexibility index (Phi) is 4.28. The molecule has 5 nitrogen and oxygen atoms in total. The van der Waals surface area contributed by atoms with Gasteiger partial charge < -0.3 is 14.4 Å². The normalized spacial score (nSPS) is 19.7. The molecule has 1 aromatic rings. The first-order valence-electron chi connectivity index (χ1n) is 6.11. The highest BCUT2D eigenvalue weighted by Crippen LogP contribution is 2.32. The van der Waals surface area contributed by atoms with Gasteiger partial charge in [-0.05, 0) is 25.0 Å². The highest BCUT2D eigenvalue weighted by atomic mass is 16.6. The lowest BCUT2D eigenvalue weighted by atomic mass is 10.1. The first-order valence-corrected chi connectivity index (χ1v) is 6.11. The predicted octanol–water partition coefficient (Wildman–Crippen LogP) is 1.56. The van der Waals surface area contributed by atoms with Crippen molar-refractivity contribution in [3.63, 3.8) is 0 Å². The first-order chi connectivity index (χ1) is 8.78. The van der Waals surface area contributed by atoms with Crippen molar-refractivity contribution in [2.75, 3.05) is 32.2 Å². The van der Waals surface area contributed by atoms with E-state index in [1.54, 1.807) is 14.2 Å². The highest BCUT2D eigenvalue weighted by Gasteiger charge is 2.21. The first kappa shape index (κ1) is 13.0. The Hall–Kier alpha value is -1.46. The molecule has 5 heteroatoms. The summed E-state index contributed by atoms with van der Waals surface area (Å²) in [6, 6.07) is 5.93. The molecule has 1 fully saturated rings. The van der Waals surface area contributed by atoms with Gasteiger partial charge in [0.15, 0.2) is 11.5 Å². The standard InChI is InChI=1S/C13H20N2O3/c1-16-12-6-5-10(8-13(12)17-2)15-7-3-4-11(9-15)18-14/h5-6,8,11H,3-4,7,9,14H2,1-2H3. The summed E-state index contributed by atoms with van der Waals surface area (Å²) >= 11 is 0. The largest absolute Gasteiger partial charge is 0.493 e. The Morgan fingerprint density at radius 3 is 2.67 bits per heavy atom. The number of ether oxygens (including phenoxy) is 2. The molecule has 0 aliphatic carbocycles. The lowest BCUT2D eigenvalue weighted by molar-refractivity contribution is 0.0435. The van der Waals surface area contributed by atoms with Crippen LogP contribution in [0.2, 0.25) is 0 Å². The summed E-state index contributed by atoms with van der Waals surface area (Å²) in [7, 11) is 3.28. The molecule has 0 spiro atoms. The fourth-order valence-corrected chi connectivity index (χ4v) is 2.31. The summed E-state index contributed by atoms with van der Waals surface area (Å²) in [6.07, 6.45) is 2.20. The Labute approximate surface area is 107 Å².